The molecule has 0 aliphatic heterocycles. The molecule has 0 heterocycles. The highest BCUT2D eigenvalue weighted by molar-refractivity contribution is 5.97. The topological polar surface area (TPSA) is 47.6 Å². The zero-order valence-corrected chi connectivity index (χ0v) is 15.0. The smallest absolute Gasteiger partial charge is 0.256 e. The monoisotopic (exact) mass is 319 g/mol. The molecule has 1 fully saturated rings. The van der Waals surface area contributed by atoms with E-state index >= 15 is 0 Å². The molecule has 1 amide bonds. The average Bonchev–Trinajstić information content (AvgIpc) is 3.01. The summed E-state index contributed by atoms with van der Waals surface area (Å²) < 4.78 is 11.5. The molecule has 1 aliphatic carbocycles. The Hall–Kier alpha value is -1.55. The highest BCUT2D eigenvalue weighted by Gasteiger charge is 2.41. The van der Waals surface area contributed by atoms with Gasteiger partial charge in [-0.2, -0.15) is 0 Å². The van der Waals surface area contributed by atoms with Crippen molar-refractivity contribution in [3.05, 3.63) is 23.3 Å². The van der Waals surface area contributed by atoms with Gasteiger partial charge in [0.05, 0.1) is 6.10 Å². The lowest BCUT2D eigenvalue weighted by Crippen LogP contribution is -2.42. The Balaban J connectivity index is 2.16. The summed E-state index contributed by atoms with van der Waals surface area (Å²) in [5.74, 6) is 0.881. The first-order chi connectivity index (χ1) is 10.9. The van der Waals surface area contributed by atoms with Crippen LogP contribution in [0.5, 0.6) is 5.75 Å². The number of carbonyl (C=O) groups is 1. The van der Waals surface area contributed by atoms with Crippen molar-refractivity contribution in [1.82, 2.24) is 0 Å². The van der Waals surface area contributed by atoms with E-state index in [1.807, 2.05) is 26.0 Å². The molecule has 1 N–H and O–H groups in total. The minimum Gasteiger partial charge on any atom is -0.490 e. The zero-order valence-electron chi connectivity index (χ0n) is 15.0. The van der Waals surface area contributed by atoms with E-state index in [9.17, 15) is 4.79 Å². The molecular formula is C19H29NO3. The molecule has 1 atom stereocenters. The van der Waals surface area contributed by atoms with Crippen LogP contribution in [0.25, 0.3) is 0 Å². The molecule has 2 rings (SSSR count). The fourth-order valence-corrected chi connectivity index (χ4v) is 3.21. The van der Waals surface area contributed by atoms with Crippen molar-refractivity contribution in [2.45, 2.75) is 71.5 Å². The molecule has 1 aromatic rings. The van der Waals surface area contributed by atoms with Crippen LogP contribution in [0.4, 0.5) is 5.69 Å². The van der Waals surface area contributed by atoms with E-state index in [0.717, 1.165) is 54.7 Å². The molecule has 0 saturated heterocycles. The van der Waals surface area contributed by atoms with Crippen LogP contribution in [0.3, 0.4) is 0 Å². The number of aryl methyl sites for hydroxylation is 2. The number of methoxy groups -OCH3 is 1. The Labute approximate surface area is 139 Å². The van der Waals surface area contributed by atoms with Crippen molar-refractivity contribution < 1.29 is 14.3 Å². The van der Waals surface area contributed by atoms with Crippen molar-refractivity contribution in [2.24, 2.45) is 0 Å². The molecule has 0 spiro atoms. The van der Waals surface area contributed by atoms with Crippen LogP contribution in [-0.2, 0) is 9.53 Å². The molecule has 1 unspecified atom stereocenters. The number of amides is 1. The van der Waals surface area contributed by atoms with Crippen LogP contribution in [0.1, 0.15) is 57.1 Å². The number of hydrogen-bond acceptors (Lipinski definition) is 3. The molecule has 23 heavy (non-hydrogen) atoms. The van der Waals surface area contributed by atoms with Crippen LogP contribution in [0, 0.1) is 13.8 Å². The van der Waals surface area contributed by atoms with Gasteiger partial charge in [0.2, 0.25) is 0 Å². The highest BCUT2D eigenvalue weighted by atomic mass is 16.5. The molecule has 1 saturated carbocycles. The summed E-state index contributed by atoms with van der Waals surface area (Å²) in [6, 6.07) is 3.95. The van der Waals surface area contributed by atoms with E-state index in [-0.39, 0.29) is 12.0 Å². The number of nitrogens with one attached hydrogen (secondary N) is 1. The summed E-state index contributed by atoms with van der Waals surface area (Å²) in [6.45, 7) is 8.21. The third-order valence-electron chi connectivity index (χ3n) is 4.83. The first-order valence-electron chi connectivity index (χ1n) is 8.56. The Morgan fingerprint density at radius 1 is 1.26 bits per heavy atom. The lowest BCUT2D eigenvalue weighted by Gasteiger charge is -2.26. The van der Waals surface area contributed by atoms with Crippen LogP contribution in [0.15, 0.2) is 12.1 Å². The maximum atomic E-state index is 12.6. The largest absolute Gasteiger partial charge is 0.490 e. The van der Waals surface area contributed by atoms with Crippen molar-refractivity contribution in [3.63, 3.8) is 0 Å². The summed E-state index contributed by atoms with van der Waals surface area (Å²) in [7, 11) is 1.63. The van der Waals surface area contributed by atoms with Gasteiger partial charge in [0, 0.05) is 12.8 Å². The highest BCUT2D eigenvalue weighted by Crippen LogP contribution is 2.35. The molecule has 0 bridgehead atoms. The summed E-state index contributed by atoms with van der Waals surface area (Å²) in [6.07, 6.45) is 4.82. The summed E-state index contributed by atoms with van der Waals surface area (Å²) in [5.41, 5.74) is 2.23. The molecule has 1 aliphatic rings. The average molecular weight is 319 g/mol. The number of rotatable bonds is 6. The Morgan fingerprint density at radius 2 is 1.83 bits per heavy atom. The maximum Gasteiger partial charge on any atom is 0.256 e. The van der Waals surface area contributed by atoms with Crippen molar-refractivity contribution in [3.8, 4) is 5.75 Å². The summed E-state index contributed by atoms with van der Waals surface area (Å²) >= 11 is 0. The van der Waals surface area contributed by atoms with Crippen LogP contribution in [-0.4, -0.2) is 24.7 Å². The van der Waals surface area contributed by atoms with E-state index in [0.29, 0.717) is 0 Å². The van der Waals surface area contributed by atoms with Crippen molar-refractivity contribution >= 4 is 11.6 Å². The molecule has 4 heteroatoms. The third kappa shape index (κ3) is 3.86. The first kappa shape index (κ1) is 17.8. The second kappa shape index (κ2) is 7.35. The predicted octanol–water partition coefficient (Wildman–Crippen LogP) is 4.38. The maximum absolute atomic E-state index is 12.6. The fraction of sp³-hybridized carbons (Fsp3) is 0.632. The van der Waals surface area contributed by atoms with Crippen molar-refractivity contribution in [1.29, 1.82) is 0 Å². The van der Waals surface area contributed by atoms with Gasteiger partial charge in [0.15, 0.2) is 0 Å². The predicted molar refractivity (Wildman–Crippen MR) is 93.1 cm³/mol. The lowest BCUT2D eigenvalue weighted by molar-refractivity contribution is -0.136. The number of ether oxygens (including phenoxy) is 2. The number of carbonyl (C=O) groups excluding carboxylic acids is 1. The quantitative estimate of drug-likeness (QED) is 0.846. The van der Waals surface area contributed by atoms with Crippen LogP contribution in [0.2, 0.25) is 0 Å². The molecule has 0 radical (unpaired) electrons. The minimum atomic E-state index is -0.659. The molecule has 0 aromatic heterocycles. The van der Waals surface area contributed by atoms with E-state index in [2.05, 4.69) is 19.2 Å². The van der Waals surface area contributed by atoms with Crippen molar-refractivity contribution in [2.75, 3.05) is 12.4 Å². The van der Waals surface area contributed by atoms with Gasteiger partial charge in [-0.15, -0.1) is 0 Å². The Kier molecular flexibility index (Phi) is 5.69. The second-order valence-corrected chi connectivity index (χ2v) is 6.64. The van der Waals surface area contributed by atoms with Gasteiger partial charge < -0.3 is 14.8 Å². The standard InChI is InChI=1S/C19H29NO3/c1-6-15(4)23-17-13(2)11-16(12-14(17)3)20-18(21)19(22-5)9-7-8-10-19/h11-12,15H,6-10H2,1-5H3,(H,20,21). The van der Waals surface area contributed by atoms with Gasteiger partial charge in [-0.05, 0) is 76.1 Å². The van der Waals surface area contributed by atoms with E-state index in [1.165, 1.54) is 0 Å². The van der Waals surface area contributed by atoms with Gasteiger partial charge in [-0.3, -0.25) is 4.79 Å². The van der Waals surface area contributed by atoms with Gasteiger partial charge in [0.1, 0.15) is 11.4 Å². The van der Waals surface area contributed by atoms with Gasteiger partial charge >= 0.3 is 0 Å². The number of hydrogen-bond donors (Lipinski definition) is 1. The number of benzene rings is 1. The van der Waals surface area contributed by atoms with Crippen LogP contribution >= 0.6 is 0 Å². The first-order valence-corrected chi connectivity index (χ1v) is 8.56. The van der Waals surface area contributed by atoms with Crippen LogP contribution < -0.4 is 10.1 Å². The van der Waals surface area contributed by atoms with E-state index in [1.54, 1.807) is 7.11 Å². The third-order valence-corrected chi connectivity index (χ3v) is 4.83. The van der Waals surface area contributed by atoms with E-state index in [4.69, 9.17) is 9.47 Å². The Bertz CT molecular complexity index is 539. The molecule has 1 aromatic carbocycles. The summed E-state index contributed by atoms with van der Waals surface area (Å²) in [4.78, 5) is 12.6. The second-order valence-electron chi connectivity index (χ2n) is 6.64. The minimum absolute atomic E-state index is 0.0353. The molecule has 4 nitrogen and oxygen atoms in total. The molecular weight excluding hydrogens is 290 g/mol. The van der Waals surface area contributed by atoms with E-state index < -0.39 is 5.60 Å². The zero-order chi connectivity index (χ0) is 17.0. The van der Waals surface area contributed by atoms with Gasteiger partial charge in [-0.25, -0.2) is 0 Å². The van der Waals surface area contributed by atoms with Gasteiger partial charge in [-0.1, -0.05) is 6.92 Å². The fourth-order valence-electron chi connectivity index (χ4n) is 3.21. The Morgan fingerprint density at radius 3 is 2.30 bits per heavy atom. The molecule has 128 valence electrons. The normalized spacial score (nSPS) is 17.8. The summed E-state index contributed by atoms with van der Waals surface area (Å²) in [5, 5.41) is 3.03. The lowest BCUT2D eigenvalue weighted by atomic mass is 10.0. The SMILES string of the molecule is CCC(C)Oc1c(C)cc(NC(=O)C2(OC)CCCC2)cc1C. The number of anilines is 1. The van der Waals surface area contributed by atoms with Gasteiger partial charge in [0.25, 0.3) is 5.91 Å².